The zero-order chi connectivity index (χ0) is 24.0. The molecule has 0 saturated carbocycles. The van der Waals surface area contributed by atoms with Gasteiger partial charge < -0.3 is 19.1 Å². The van der Waals surface area contributed by atoms with Gasteiger partial charge in [0.05, 0.1) is 50.2 Å². The number of aromatic nitrogens is 1. The molecule has 2 aliphatic rings. The highest BCUT2D eigenvalue weighted by Crippen LogP contribution is 2.34. The van der Waals surface area contributed by atoms with Crippen molar-refractivity contribution < 1.29 is 28.6 Å². The third-order valence-corrected chi connectivity index (χ3v) is 6.10. The quantitative estimate of drug-likeness (QED) is 0.597. The molecule has 8 heteroatoms. The van der Waals surface area contributed by atoms with Gasteiger partial charge in [-0.3, -0.25) is 14.6 Å². The summed E-state index contributed by atoms with van der Waals surface area (Å²) >= 11 is 0. The van der Waals surface area contributed by atoms with Crippen molar-refractivity contribution in [1.29, 1.82) is 0 Å². The first-order valence-corrected chi connectivity index (χ1v) is 11.5. The largest absolute Gasteiger partial charge is 0.467 e. The molecular weight excluding hydrogens is 424 g/mol. The number of allylic oxidation sites excluding steroid dienone is 1. The third kappa shape index (κ3) is 6.63. The Morgan fingerprint density at radius 1 is 1.24 bits per heavy atom. The molecule has 180 valence electrons. The van der Waals surface area contributed by atoms with Crippen molar-refractivity contribution in [1.82, 2.24) is 9.88 Å². The summed E-state index contributed by atoms with van der Waals surface area (Å²) in [4.78, 5) is 44.7. The molecule has 8 nitrogen and oxygen atoms in total. The number of methoxy groups -OCH3 is 1. The van der Waals surface area contributed by atoms with Gasteiger partial charge in [-0.05, 0) is 36.5 Å². The van der Waals surface area contributed by atoms with Gasteiger partial charge in [0.2, 0.25) is 5.91 Å². The molecule has 0 unspecified atom stereocenters. The molecule has 3 rings (SSSR count). The summed E-state index contributed by atoms with van der Waals surface area (Å²) in [7, 11) is 1.31. The number of rotatable bonds is 1. The summed E-state index contributed by atoms with van der Waals surface area (Å²) in [5.74, 6) is -1.79. The first-order chi connectivity index (χ1) is 15.7. The highest BCUT2D eigenvalue weighted by Gasteiger charge is 2.45. The number of nitrogens with zero attached hydrogens (tertiary/aromatic N) is 2. The molecule has 3 heterocycles. The molecule has 1 saturated heterocycles. The van der Waals surface area contributed by atoms with E-state index in [4.69, 9.17) is 14.2 Å². The summed E-state index contributed by atoms with van der Waals surface area (Å²) in [5, 5.41) is 0. The second-order valence-corrected chi connectivity index (χ2v) is 9.64. The third-order valence-electron chi connectivity index (χ3n) is 6.10. The second-order valence-electron chi connectivity index (χ2n) is 9.64. The Hall–Kier alpha value is -2.74. The average Bonchev–Trinajstić information content (AvgIpc) is 3.21. The SMILES string of the molecule is COC(=O)[C@@H]1C[C@@H]2CN1C(=O)[C@H](C(C)(C)C)CC(=O)OCCC/C=C/c1cccc(n1)CO2. The van der Waals surface area contributed by atoms with E-state index in [0.717, 1.165) is 17.8 Å². The smallest absolute Gasteiger partial charge is 0.328 e. The highest BCUT2D eigenvalue weighted by atomic mass is 16.5. The van der Waals surface area contributed by atoms with Crippen LogP contribution < -0.4 is 0 Å². The van der Waals surface area contributed by atoms with Crippen molar-refractivity contribution in [2.45, 2.75) is 65.2 Å². The van der Waals surface area contributed by atoms with Gasteiger partial charge in [0, 0.05) is 13.0 Å². The fraction of sp³-hybridized carbons (Fsp3) is 0.600. The van der Waals surface area contributed by atoms with Gasteiger partial charge in [0.25, 0.3) is 0 Å². The van der Waals surface area contributed by atoms with Crippen LogP contribution in [0.4, 0.5) is 0 Å². The van der Waals surface area contributed by atoms with Gasteiger partial charge in [-0.2, -0.15) is 0 Å². The number of hydrogen-bond donors (Lipinski definition) is 0. The van der Waals surface area contributed by atoms with Gasteiger partial charge in [0.15, 0.2) is 0 Å². The summed E-state index contributed by atoms with van der Waals surface area (Å²) < 4.78 is 16.4. The van der Waals surface area contributed by atoms with Crippen molar-refractivity contribution in [3.05, 3.63) is 35.7 Å². The minimum absolute atomic E-state index is 0.0391. The van der Waals surface area contributed by atoms with E-state index in [9.17, 15) is 14.4 Å². The maximum atomic E-state index is 13.6. The molecule has 33 heavy (non-hydrogen) atoms. The lowest BCUT2D eigenvalue weighted by atomic mass is 9.77. The Kier molecular flexibility index (Phi) is 8.24. The fourth-order valence-electron chi connectivity index (χ4n) is 4.18. The average molecular weight is 459 g/mol. The standard InChI is InChI=1S/C25H34N2O6/c1-25(2,3)20-14-22(28)32-12-7-5-6-9-17-10-8-11-18(26-17)16-33-19-13-21(24(30)31-4)27(15-19)23(20)29/h6,8-11,19-21H,5,7,12-16H2,1-4H3/b9-6+/t19-,20-,21+/m1/s1. The number of pyridine rings is 1. The maximum Gasteiger partial charge on any atom is 0.328 e. The predicted octanol–water partition coefficient (Wildman–Crippen LogP) is 3.14. The Bertz CT molecular complexity index is 891. The zero-order valence-electron chi connectivity index (χ0n) is 19.9. The van der Waals surface area contributed by atoms with Crippen LogP contribution in [-0.2, 0) is 35.2 Å². The number of ether oxygens (including phenoxy) is 3. The van der Waals surface area contributed by atoms with Crippen LogP contribution in [0, 0.1) is 11.3 Å². The van der Waals surface area contributed by atoms with Gasteiger partial charge in [-0.25, -0.2) is 4.79 Å². The van der Waals surface area contributed by atoms with Crippen molar-refractivity contribution in [3.8, 4) is 0 Å². The molecule has 0 spiro atoms. The van der Waals surface area contributed by atoms with Gasteiger partial charge in [0.1, 0.15) is 6.04 Å². The number of amides is 1. The summed E-state index contributed by atoms with van der Waals surface area (Å²) in [5.41, 5.74) is 1.10. The first-order valence-electron chi connectivity index (χ1n) is 11.5. The van der Waals surface area contributed by atoms with E-state index in [1.54, 1.807) is 0 Å². The molecule has 3 atom stereocenters. The van der Waals surface area contributed by atoms with E-state index in [2.05, 4.69) is 4.98 Å². The van der Waals surface area contributed by atoms with E-state index >= 15 is 0 Å². The van der Waals surface area contributed by atoms with E-state index in [0.29, 0.717) is 12.8 Å². The Balaban J connectivity index is 1.88. The highest BCUT2D eigenvalue weighted by molar-refractivity contribution is 5.89. The lowest BCUT2D eigenvalue weighted by molar-refractivity contribution is -0.157. The van der Waals surface area contributed by atoms with E-state index in [1.165, 1.54) is 12.0 Å². The van der Waals surface area contributed by atoms with Crippen LogP contribution >= 0.6 is 0 Å². The monoisotopic (exact) mass is 458 g/mol. The normalized spacial score (nSPS) is 26.2. The first kappa shape index (κ1) is 24.9. The van der Waals surface area contributed by atoms with Gasteiger partial charge in [-0.15, -0.1) is 0 Å². The van der Waals surface area contributed by atoms with Crippen molar-refractivity contribution in [3.63, 3.8) is 0 Å². The molecular formula is C25H34N2O6. The van der Waals surface area contributed by atoms with Crippen LogP contribution in [0.25, 0.3) is 6.08 Å². The second kappa shape index (κ2) is 10.9. The molecule has 4 bridgehead atoms. The van der Waals surface area contributed by atoms with Crippen molar-refractivity contribution in [2.75, 3.05) is 20.3 Å². The molecule has 0 aliphatic carbocycles. The Morgan fingerprint density at radius 2 is 2.03 bits per heavy atom. The lowest BCUT2D eigenvalue weighted by Crippen LogP contribution is -2.47. The minimum Gasteiger partial charge on any atom is -0.467 e. The number of carbonyl (C=O) groups is 3. The minimum atomic E-state index is -0.752. The van der Waals surface area contributed by atoms with Crippen LogP contribution in [0.5, 0.6) is 0 Å². The molecule has 0 aromatic carbocycles. The van der Waals surface area contributed by atoms with E-state index in [-0.39, 0.29) is 38.2 Å². The van der Waals surface area contributed by atoms with Crippen LogP contribution in [0.15, 0.2) is 24.3 Å². The molecule has 1 aromatic heterocycles. The molecule has 0 N–H and O–H groups in total. The Morgan fingerprint density at radius 3 is 2.76 bits per heavy atom. The van der Waals surface area contributed by atoms with E-state index in [1.807, 2.05) is 51.1 Å². The van der Waals surface area contributed by atoms with Gasteiger partial charge >= 0.3 is 11.9 Å². The molecule has 0 radical (unpaired) electrons. The lowest BCUT2D eigenvalue weighted by Gasteiger charge is -2.34. The summed E-state index contributed by atoms with van der Waals surface area (Å²) in [6, 6.07) is 4.97. The Labute approximate surface area is 195 Å². The summed E-state index contributed by atoms with van der Waals surface area (Å²) in [6.45, 7) is 6.55. The topological polar surface area (TPSA) is 95.0 Å². The molecule has 2 aliphatic heterocycles. The zero-order valence-corrected chi connectivity index (χ0v) is 19.9. The number of carbonyl (C=O) groups excluding carboxylic acids is 3. The van der Waals surface area contributed by atoms with Gasteiger partial charge in [-0.1, -0.05) is 32.9 Å². The van der Waals surface area contributed by atoms with Crippen LogP contribution in [0.1, 0.15) is 57.8 Å². The number of esters is 2. The molecule has 1 fully saturated rings. The van der Waals surface area contributed by atoms with E-state index < -0.39 is 29.3 Å². The number of cyclic esters (lactones) is 1. The summed E-state index contributed by atoms with van der Waals surface area (Å²) in [6.07, 6.45) is 5.31. The predicted molar refractivity (Wildman–Crippen MR) is 122 cm³/mol. The van der Waals surface area contributed by atoms with Crippen molar-refractivity contribution in [2.24, 2.45) is 11.3 Å². The van der Waals surface area contributed by atoms with Crippen LogP contribution in [0.2, 0.25) is 0 Å². The fourth-order valence-corrected chi connectivity index (χ4v) is 4.18. The maximum absolute atomic E-state index is 13.6. The van der Waals surface area contributed by atoms with Crippen LogP contribution in [0.3, 0.4) is 0 Å². The van der Waals surface area contributed by atoms with Crippen molar-refractivity contribution >= 4 is 23.9 Å². The molecule has 1 amide bonds. The number of hydrogen-bond acceptors (Lipinski definition) is 7. The number of fused-ring (bicyclic) bond motifs is 4. The molecule has 1 aromatic rings. The van der Waals surface area contributed by atoms with Crippen LogP contribution in [-0.4, -0.2) is 60.1 Å².